The maximum atomic E-state index is 10.7. The first-order valence-corrected chi connectivity index (χ1v) is 5.43. The molecule has 0 saturated heterocycles. The van der Waals surface area contributed by atoms with Crippen molar-refractivity contribution in [1.82, 2.24) is 10.1 Å². The van der Waals surface area contributed by atoms with Gasteiger partial charge in [0, 0.05) is 17.0 Å². The van der Waals surface area contributed by atoms with E-state index < -0.39 is 5.97 Å². The number of carbonyl (C=O) groups is 1. The highest BCUT2D eigenvalue weighted by Gasteiger charge is 2.13. The fourth-order valence-electron chi connectivity index (χ4n) is 1.89. The largest absolute Gasteiger partial charge is 0.476 e. The number of carboxylic acids is 1. The van der Waals surface area contributed by atoms with E-state index in [4.69, 9.17) is 9.63 Å². The van der Waals surface area contributed by atoms with Crippen LogP contribution in [0.2, 0.25) is 0 Å². The third-order valence-electron chi connectivity index (χ3n) is 2.77. The third kappa shape index (κ3) is 1.66. The zero-order chi connectivity index (χ0) is 12.7. The number of hydrogen-bond acceptors (Lipinski definition) is 3. The molecule has 0 aliphatic heterocycles. The number of aromatic amines is 1. The van der Waals surface area contributed by atoms with E-state index >= 15 is 0 Å². The van der Waals surface area contributed by atoms with Crippen molar-refractivity contribution in [1.29, 1.82) is 0 Å². The van der Waals surface area contributed by atoms with Crippen LogP contribution in [0.3, 0.4) is 0 Å². The number of carboxylic acid groups (broad SMARTS) is 1. The van der Waals surface area contributed by atoms with E-state index in [9.17, 15) is 4.79 Å². The number of fused-ring (bicyclic) bond motifs is 1. The lowest BCUT2D eigenvalue weighted by atomic mass is 10.2. The molecule has 2 N–H and O–H groups in total. The molecule has 1 aromatic carbocycles. The lowest BCUT2D eigenvalue weighted by Crippen LogP contribution is -1.94. The second-order valence-electron chi connectivity index (χ2n) is 4.16. The minimum Gasteiger partial charge on any atom is -0.476 e. The van der Waals surface area contributed by atoms with Gasteiger partial charge in [-0.25, -0.2) is 4.79 Å². The van der Waals surface area contributed by atoms with Crippen LogP contribution >= 0.6 is 0 Å². The zero-order valence-corrected chi connectivity index (χ0v) is 9.60. The molecule has 18 heavy (non-hydrogen) atoms. The van der Waals surface area contributed by atoms with Crippen molar-refractivity contribution in [3.05, 3.63) is 41.6 Å². The molecule has 5 heteroatoms. The summed E-state index contributed by atoms with van der Waals surface area (Å²) in [5.74, 6) is -0.682. The molecule has 0 unspecified atom stereocenters. The van der Waals surface area contributed by atoms with Crippen molar-refractivity contribution in [2.75, 3.05) is 0 Å². The van der Waals surface area contributed by atoms with Gasteiger partial charge in [-0.1, -0.05) is 16.8 Å². The Morgan fingerprint density at radius 2 is 2.17 bits per heavy atom. The number of aryl methyl sites for hydroxylation is 1. The van der Waals surface area contributed by atoms with E-state index in [1.54, 1.807) is 0 Å². The van der Waals surface area contributed by atoms with Crippen molar-refractivity contribution in [2.24, 2.45) is 0 Å². The van der Waals surface area contributed by atoms with Crippen molar-refractivity contribution >= 4 is 16.9 Å². The Kier molecular flexibility index (Phi) is 2.19. The van der Waals surface area contributed by atoms with Crippen LogP contribution < -0.4 is 0 Å². The van der Waals surface area contributed by atoms with E-state index in [0.717, 1.165) is 22.2 Å². The summed E-state index contributed by atoms with van der Waals surface area (Å²) in [5.41, 5.74) is 2.76. The Morgan fingerprint density at radius 1 is 1.33 bits per heavy atom. The number of H-pyrrole nitrogens is 1. The summed E-state index contributed by atoms with van der Waals surface area (Å²) in [6.07, 6.45) is 0. The fourth-order valence-corrected chi connectivity index (χ4v) is 1.89. The maximum Gasteiger partial charge on any atom is 0.358 e. The summed E-state index contributed by atoms with van der Waals surface area (Å²) in [4.78, 5) is 13.9. The number of rotatable bonds is 2. The van der Waals surface area contributed by atoms with Crippen molar-refractivity contribution in [2.45, 2.75) is 6.92 Å². The van der Waals surface area contributed by atoms with E-state index in [0.29, 0.717) is 5.76 Å². The lowest BCUT2D eigenvalue weighted by Gasteiger charge is -1.90. The molecule has 5 nitrogen and oxygen atoms in total. The third-order valence-corrected chi connectivity index (χ3v) is 2.77. The van der Waals surface area contributed by atoms with Gasteiger partial charge in [0.1, 0.15) is 0 Å². The summed E-state index contributed by atoms with van der Waals surface area (Å²) in [6, 6.07) is 9.34. The quantitative estimate of drug-likeness (QED) is 0.724. The molecule has 3 rings (SSSR count). The van der Waals surface area contributed by atoms with Crippen LogP contribution in [0.25, 0.3) is 22.4 Å². The second-order valence-corrected chi connectivity index (χ2v) is 4.16. The Hall–Kier alpha value is -2.56. The van der Waals surface area contributed by atoms with Crippen molar-refractivity contribution in [3.8, 4) is 11.5 Å². The van der Waals surface area contributed by atoms with Gasteiger partial charge in [-0.3, -0.25) is 0 Å². The van der Waals surface area contributed by atoms with Crippen LogP contribution in [-0.2, 0) is 0 Å². The first kappa shape index (κ1) is 10.6. The number of nitrogens with one attached hydrogen (secondary N) is 1. The first-order chi connectivity index (χ1) is 8.63. The molecule has 0 fully saturated rings. The monoisotopic (exact) mass is 242 g/mol. The van der Waals surface area contributed by atoms with Gasteiger partial charge in [0.25, 0.3) is 0 Å². The molecule has 0 radical (unpaired) electrons. The van der Waals surface area contributed by atoms with Crippen LogP contribution in [0.4, 0.5) is 0 Å². The van der Waals surface area contributed by atoms with Crippen LogP contribution in [0, 0.1) is 6.92 Å². The molecule has 3 aromatic rings. The molecule has 0 amide bonds. The molecule has 90 valence electrons. The van der Waals surface area contributed by atoms with Gasteiger partial charge in [0.2, 0.25) is 0 Å². The molecule has 2 heterocycles. The minimum absolute atomic E-state index is 0.0974. The number of aromatic carboxylic acids is 1. The van der Waals surface area contributed by atoms with Gasteiger partial charge in [-0.2, -0.15) is 0 Å². The highest BCUT2D eigenvalue weighted by Crippen LogP contribution is 2.25. The maximum absolute atomic E-state index is 10.7. The predicted molar refractivity (Wildman–Crippen MR) is 65.5 cm³/mol. The van der Waals surface area contributed by atoms with E-state index in [2.05, 4.69) is 10.1 Å². The Morgan fingerprint density at radius 3 is 2.89 bits per heavy atom. The van der Waals surface area contributed by atoms with Gasteiger partial charge in [0.05, 0.1) is 5.69 Å². The Labute approximate surface area is 102 Å². The highest BCUT2D eigenvalue weighted by atomic mass is 16.5. The lowest BCUT2D eigenvalue weighted by molar-refractivity contribution is 0.0686. The predicted octanol–water partition coefficient (Wildman–Crippen LogP) is 2.83. The molecule has 0 aliphatic rings. The zero-order valence-electron chi connectivity index (χ0n) is 9.60. The van der Waals surface area contributed by atoms with Crippen LogP contribution in [0.15, 0.2) is 34.9 Å². The summed E-state index contributed by atoms with van der Waals surface area (Å²) < 4.78 is 5.01. The number of hydrogen-bond donors (Lipinski definition) is 2. The van der Waals surface area contributed by atoms with Crippen LogP contribution in [0.1, 0.15) is 16.1 Å². The SMILES string of the molecule is Cc1ccc2[nH]c(-c3cc(C(=O)O)no3)cc2c1. The van der Waals surface area contributed by atoms with Gasteiger partial charge >= 0.3 is 5.97 Å². The molecular weight excluding hydrogens is 232 g/mol. The summed E-state index contributed by atoms with van der Waals surface area (Å²) in [5, 5.41) is 13.3. The average molecular weight is 242 g/mol. The highest BCUT2D eigenvalue weighted by molar-refractivity contribution is 5.88. The summed E-state index contributed by atoms with van der Waals surface area (Å²) in [6.45, 7) is 2.02. The van der Waals surface area contributed by atoms with Gasteiger partial charge in [0.15, 0.2) is 11.5 Å². The van der Waals surface area contributed by atoms with Gasteiger partial charge in [-0.15, -0.1) is 0 Å². The molecule has 0 atom stereocenters. The Balaban J connectivity index is 2.10. The van der Waals surface area contributed by atoms with E-state index in [-0.39, 0.29) is 5.69 Å². The average Bonchev–Trinajstić information content (AvgIpc) is 2.93. The van der Waals surface area contributed by atoms with E-state index in [1.165, 1.54) is 6.07 Å². The Bertz CT molecular complexity index is 740. The summed E-state index contributed by atoms with van der Waals surface area (Å²) in [7, 11) is 0. The molecular formula is C13H10N2O3. The van der Waals surface area contributed by atoms with Crippen LogP contribution in [-0.4, -0.2) is 21.2 Å². The van der Waals surface area contributed by atoms with Crippen LogP contribution in [0.5, 0.6) is 0 Å². The standard InChI is InChI=1S/C13H10N2O3/c1-7-2-3-9-8(4-7)5-10(14-9)12-6-11(13(16)17)15-18-12/h2-6,14H,1H3,(H,16,17). The number of benzene rings is 1. The minimum atomic E-state index is -1.10. The fraction of sp³-hybridized carbons (Fsp3) is 0.0769. The molecule has 0 bridgehead atoms. The molecule has 2 aromatic heterocycles. The van der Waals surface area contributed by atoms with Crippen molar-refractivity contribution < 1.29 is 14.4 Å². The normalized spacial score (nSPS) is 10.9. The van der Waals surface area contributed by atoms with Crippen molar-refractivity contribution in [3.63, 3.8) is 0 Å². The van der Waals surface area contributed by atoms with Gasteiger partial charge < -0.3 is 14.6 Å². The first-order valence-electron chi connectivity index (χ1n) is 5.43. The smallest absolute Gasteiger partial charge is 0.358 e. The van der Waals surface area contributed by atoms with E-state index in [1.807, 2.05) is 31.2 Å². The molecule has 0 saturated carbocycles. The number of nitrogens with zero attached hydrogens (tertiary/aromatic N) is 1. The molecule has 0 aliphatic carbocycles. The topological polar surface area (TPSA) is 79.1 Å². The second kappa shape index (κ2) is 3.73. The van der Waals surface area contributed by atoms with Gasteiger partial charge in [-0.05, 0) is 25.1 Å². The molecule has 0 spiro atoms. The number of aromatic nitrogens is 2. The summed E-state index contributed by atoms with van der Waals surface area (Å²) >= 11 is 0.